The smallest absolute Gasteiger partial charge is 0.251 e. The third-order valence-corrected chi connectivity index (χ3v) is 5.92. The second-order valence-corrected chi connectivity index (χ2v) is 7.09. The summed E-state index contributed by atoms with van der Waals surface area (Å²) in [5.41, 5.74) is 3.01. The van der Waals surface area contributed by atoms with Gasteiger partial charge in [-0.3, -0.25) is 4.79 Å². The highest BCUT2D eigenvalue weighted by atomic mass is 79.9. The molecular formula is C17H22BrNO2. The number of rotatable bonds is 3. The first-order valence-corrected chi connectivity index (χ1v) is 8.82. The van der Waals surface area contributed by atoms with Crippen molar-refractivity contribution >= 4 is 21.8 Å². The van der Waals surface area contributed by atoms with Crippen molar-refractivity contribution in [1.82, 2.24) is 5.32 Å². The zero-order valence-corrected chi connectivity index (χ0v) is 14.0. The van der Waals surface area contributed by atoms with Crippen LogP contribution in [0.4, 0.5) is 0 Å². The molecule has 0 unspecified atom stereocenters. The molecule has 3 rings (SSSR count). The summed E-state index contributed by atoms with van der Waals surface area (Å²) in [6, 6.07) is 5.91. The fourth-order valence-corrected chi connectivity index (χ4v) is 3.93. The van der Waals surface area contributed by atoms with Crippen LogP contribution in [0, 0.1) is 5.92 Å². The van der Waals surface area contributed by atoms with Gasteiger partial charge in [0.25, 0.3) is 5.91 Å². The van der Waals surface area contributed by atoms with Gasteiger partial charge >= 0.3 is 0 Å². The van der Waals surface area contributed by atoms with Crippen LogP contribution in [0.1, 0.15) is 54.1 Å². The Labute approximate surface area is 134 Å². The molecule has 0 bridgehead atoms. The number of hydrogen-bond acceptors (Lipinski definition) is 2. The molecule has 1 aliphatic heterocycles. The largest absolute Gasteiger partial charge is 0.372 e. The molecule has 1 aromatic carbocycles. The Bertz CT molecular complexity index is 536. The van der Waals surface area contributed by atoms with Crippen molar-refractivity contribution in [3.63, 3.8) is 0 Å². The lowest BCUT2D eigenvalue weighted by Crippen LogP contribution is -2.52. The first-order chi connectivity index (χ1) is 10.1. The van der Waals surface area contributed by atoms with Gasteiger partial charge in [0, 0.05) is 10.9 Å². The van der Waals surface area contributed by atoms with Crippen LogP contribution in [0.5, 0.6) is 0 Å². The second-order valence-electron chi connectivity index (χ2n) is 6.53. The molecule has 1 N–H and O–H groups in total. The highest BCUT2D eigenvalue weighted by Crippen LogP contribution is 2.33. The molecule has 2 aliphatic rings. The van der Waals surface area contributed by atoms with Crippen molar-refractivity contribution in [2.24, 2.45) is 5.92 Å². The minimum absolute atomic E-state index is 0.0405. The molecule has 3 nitrogen and oxygen atoms in total. The van der Waals surface area contributed by atoms with Crippen molar-refractivity contribution in [3.8, 4) is 0 Å². The van der Waals surface area contributed by atoms with Gasteiger partial charge in [-0.15, -0.1) is 0 Å². The normalized spacial score (nSPS) is 28.2. The van der Waals surface area contributed by atoms with Crippen LogP contribution < -0.4 is 5.32 Å². The summed E-state index contributed by atoms with van der Waals surface area (Å²) in [5, 5.41) is 4.11. The maximum absolute atomic E-state index is 12.6. The van der Waals surface area contributed by atoms with E-state index in [1.165, 1.54) is 18.4 Å². The van der Waals surface area contributed by atoms with E-state index >= 15 is 0 Å². The van der Waals surface area contributed by atoms with E-state index in [9.17, 15) is 4.79 Å². The predicted octanol–water partition coefficient (Wildman–Crippen LogP) is 3.79. The lowest BCUT2D eigenvalue weighted by molar-refractivity contribution is 0.0874. The van der Waals surface area contributed by atoms with E-state index in [0.29, 0.717) is 13.2 Å². The minimum Gasteiger partial charge on any atom is -0.372 e. The highest BCUT2D eigenvalue weighted by molar-refractivity contribution is 9.09. The summed E-state index contributed by atoms with van der Waals surface area (Å²) in [5.74, 6) is 0.810. The van der Waals surface area contributed by atoms with Crippen LogP contribution in [-0.4, -0.2) is 16.8 Å². The van der Waals surface area contributed by atoms with E-state index in [0.717, 1.165) is 35.2 Å². The molecule has 0 radical (unpaired) electrons. The van der Waals surface area contributed by atoms with Gasteiger partial charge in [0.1, 0.15) is 0 Å². The highest BCUT2D eigenvalue weighted by Gasteiger charge is 2.34. The number of alkyl halides is 1. The molecule has 114 valence electrons. The molecule has 0 aromatic heterocycles. The minimum atomic E-state index is -0.0842. The fraction of sp³-hybridized carbons (Fsp3) is 0.588. The standard InChI is InChI=1S/C17H22BrNO2/c1-12-4-6-17(11-18,7-5-12)19-16(20)13-2-3-14-9-21-10-15(14)8-13/h2-3,8,12H,4-7,9-11H2,1H3,(H,19,20). The van der Waals surface area contributed by atoms with Crippen LogP contribution in [-0.2, 0) is 18.0 Å². The number of benzene rings is 1. The first-order valence-electron chi connectivity index (χ1n) is 7.70. The topological polar surface area (TPSA) is 38.3 Å². The van der Waals surface area contributed by atoms with Gasteiger partial charge in [-0.05, 0) is 54.9 Å². The SMILES string of the molecule is CC1CCC(CBr)(NC(=O)c2ccc3c(c2)COC3)CC1. The summed E-state index contributed by atoms with van der Waals surface area (Å²) in [6.07, 6.45) is 4.48. The molecule has 4 heteroatoms. The summed E-state index contributed by atoms with van der Waals surface area (Å²) in [6.45, 7) is 3.58. The zero-order chi connectivity index (χ0) is 14.9. The maximum Gasteiger partial charge on any atom is 0.251 e. The Kier molecular flexibility index (Phi) is 4.36. The molecular weight excluding hydrogens is 330 g/mol. The number of nitrogens with one attached hydrogen (secondary N) is 1. The number of halogens is 1. The fourth-order valence-electron chi connectivity index (χ4n) is 3.23. The van der Waals surface area contributed by atoms with E-state index in [1.54, 1.807) is 0 Å². The van der Waals surface area contributed by atoms with Gasteiger partial charge in [-0.1, -0.05) is 28.9 Å². The molecule has 0 spiro atoms. The number of amides is 1. The molecule has 0 atom stereocenters. The lowest BCUT2D eigenvalue weighted by Gasteiger charge is -2.39. The van der Waals surface area contributed by atoms with Gasteiger partial charge in [0.15, 0.2) is 0 Å². The first kappa shape index (κ1) is 15.0. The molecule has 1 saturated carbocycles. The van der Waals surface area contributed by atoms with Gasteiger partial charge in [-0.25, -0.2) is 0 Å². The third-order valence-electron chi connectivity index (χ3n) is 4.85. The Morgan fingerprint density at radius 2 is 2.05 bits per heavy atom. The van der Waals surface area contributed by atoms with E-state index in [4.69, 9.17) is 4.74 Å². The van der Waals surface area contributed by atoms with Crippen LogP contribution in [0.2, 0.25) is 0 Å². The number of carbonyl (C=O) groups excluding carboxylic acids is 1. The van der Waals surface area contributed by atoms with Gasteiger partial charge in [-0.2, -0.15) is 0 Å². The third kappa shape index (κ3) is 3.16. The van der Waals surface area contributed by atoms with Crippen molar-refractivity contribution < 1.29 is 9.53 Å². The summed E-state index contributed by atoms with van der Waals surface area (Å²) >= 11 is 3.60. The Hall–Kier alpha value is -0.870. The summed E-state index contributed by atoms with van der Waals surface area (Å²) in [7, 11) is 0. The van der Waals surface area contributed by atoms with Gasteiger partial charge in [0.05, 0.1) is 18.8 Å². The van der Waals surface area contributed by atoms with Crippen molar-refractivity contribution in [3.05, 3.63) is 34.9 Å². The average molecular weight is 352 g/mol. The van der Waals surface area contributed by atoms with Crippen LogP contribution in [0.3, 0.4) is 0 Å². The Balaban J connectivity index is 1.73. The number of fused-ring (bicyclic) bond motifs is 1. The van der Waals surface area contributed by atoms with Crippen molar-refractivity contribution in [2.75, 3.05) is 5.33 Å². The number of hydrogen-bond donors (Lipinski definition) is 1. The van der Waals surface area contributed by atoms with Crippen LogP contribution >= 0.6 is 15.9 Å². The van der Waals surface area contributed by atoms with E-state index in [2.05, 4.69) is 28.2 Å². The van der Waals surface area contributed by atoms with Gasteiger partial charge < -0.3 is 10.1 Å². The molecule has 1 aromatic rings. The van der Waals surface area contributed by atoms with E-state index in [1.807, 2.05) is 18.2 Å². The van der Waals surface area contributed by atoms with E-state index in [-0.39, 0.29) is 11.4 Å². The zero-order valence-electron chi connectivity index (χ0n) is 12.5. The summed E-state index contributed by atoms with van der Waals surface area (Å²) < 4.78 is 5.41. The number of carbonyl (C=O) groups is 1. The summed E-state index contributed by atoms with van der Waals surface area (Å²) in [4.78, 5) is 12.6. The monoisotopic (exact) mass is 351 g/mol. The van der Waals surface area contributed by atoms with Crippen molar-refractivity contribution in [2.45, 2.75) is 51.4 Å². The molecule has 1 amide bonds. The molecule has 1 heterocycles. The van der Waals surface area contributed by atoms with Crippen LogP contribution in [0.15, 0.2) is 18.2 Å². The number of ether oxygens (including phenoxy) is 1. The van der Waals surface area contributed by atoms with Gasteiger partial charge in [0.2, 0.25) is 0 Å². The molecule has 21 heavy (non-hydrogen) atoms. The quantitative estimate of drug-likeness (QED) is 0.841. The Morgan fingerprint density at radius 1 is 1.33 bits per heavy atom. The van der Waals surface area contributed by atoms with Crippen LogP contribution in [0.25, 0.3) is 0 Å². The maximum atomic E-state index is 12.6. The predicted molar refractivity (Wildman–Crippen MR) is 86.6 cm³/mol. The van der Waals surface area contributed by atoms with Crippen molar-refractivity contribution in [1.29, 1.82) is 0 Å². The van der Waals surface area contributed by atoms with E-state index < -0.39 is 0 Å². The molecule has 1 aliphatic carbocycles. The second kappa shape index (κ2) is 6.09. The Morgan fingerprint density at radius 3 is 2.76 bits per heavy atom. The molecule has 1 fully saturated rings. The average Bonchev–Trinajstić information content (AvgIpc) is 2.97. The molecule has 0 saturated heterocycles. The lowest BCUT2D eigenvalue weighted by atomic mass is 9.78.